The summed E-state index contributed by atoms with van der Waals surface area (Å²) in [5.74, 6) is 0.683. The number of hydrogen-bond donors (Lipinski definition) is 2. The lowest BCUT2D eigenvalue weighted by atomic mass is 9.98. The normalized spacial score (nSPS) is 18.6. The van der Waals surface area contributed by atoms with Crippen LogP contribution < -0.4 is 10.6 Å². The van der Waals surface area contributed by atoms with Crippen LogP contribution in [-0.2, 0) is 9.59 Å². The van der Waals surface area contributed by atoms with Crippen LogP contribution in [-0.4, -0.2) is 48.6 Å². The Bertz CT molecular complexity index is 480. The van der Waals surface area contributed by atoms with Gasteiger partial charge in [0.2, 0.25) is 11.8 Å². The highest BCUT2D eigenvalue weighted by Crippen LogP contribution is 2.13. The van der Waals surface area contributed by atoms with Gasteiger partial charge in [0.25, 0.3) is 0 Å². The number of nitrogens with zero attached hydrogens (tertiary/aromatic N) is 2. The molecule has 7 heteroatoms. The van der Waals surface area contributed by atoms with Gasteiger partial charge in [0.15, 0.2) is 5.82 Å². The van der Waals surface area contributed by atoms with Crippen molar-refractivity contribution in [1.29, 1.82) is 0 Å². The van der Waals surface area contributed by atoms with Crippen LogP contribution in [0.4, 0.5) is 5.82 Å². The van der Waals surface area contributed by atoms with Crippen LogP contribution in [0, 0.1) is 12.8 Å². The van der Waals surface area contributed by atoms with Crippen molar-refractivity contribution < 1.29 is 14.1 Å². The molecule has 2 amide bonds. The van der Waals surface area contributed by atoms with E-state index in [-0.39, 0.29) is 24.3 Å². The largest absolute Gasteiger partial charge is 0.360 e. The first kappa shape index (κ1) is 14.5. The molecule has 1 aromatic rings. The second-order valence-corrected chi connectivity index (χ2v) is 5.11. The quantitative estimate of drug-likeness (QED) is 0.832. The maximum absolute atomic E-state index is 12.2. The predicted octanol–water partition coefficient (Wildman–Crippen LogP) is 0.380. The summed E-state index contributed by atoms with van der Waals surface area (Å²) < 4.78 is 4.86. The van der Waals surface area contributed by atoms with E-state index in [1.165, 1.54) is 4.90 Å². The Kier molecular flexibility index (Phi) is 4.73. The molecule has 0 aromatic carbocycles. The highest BCUT2D eigenvalue weighted by molar-refractivity contribution is 5.94. The molecular formula is C13H20N4O3. The van der Waals surface area contributed by atoms with E-state index < -0.39 is 0 Å². The predicted molar refractivity (Wildman–Crippen MR) is 73.1 cm³/mol. The molecule has 2 N–H and O–H groups in total. The van der Waals surface area contributed by atoms with Gasteiger partial charge in [-0.2, -0.15) is 0 Å². The minimum absolute atomic E-state index is 0.00341. The lowest BCUT2D eigenvalue weighted by molar-refractivity contribution is -0.137. The van der Waals surface area contributed by atoms with Crippen LogP contribution in [0.25, 0.3) is 0 Å². The van der Waals surface area contributed by atoms with E-state index >= 15 is 0 Å². The van der Waals surface area contributed by atoms with E-state index in [4.69, 9.17) is 4.52 Å². The molecule has 0 spiro atoms. The molecule has 7 nitrogen and oxygen atoms in total. The first-order chi connectivity index (χ1) is 9.56. The van der Waals surface area contributed by atoms with Crippen molar-refractivity contribution in [2.75, 3.05) is 32.0 Å². The highest BCUT2D eigenvalue weighted by atomic mass is 16.5. The highest BCUT2D eigenvalue weighted by Gasteiger charge is 2.25. The number of carbonyl (C=O) groups excluding carboxylic acids is 2. The Balaban J connectivity index is 1.82. The van der Waals surface area contributed by atoms with Gasteiger partial charge < -0.3 is 20.1 Å². The molecule has 1 aliphatic heterocycles. The average molecular weight is 280 g/mol. The number of rotatable bonds is 4. The SMILES string of the molecule is Cc1cc(NC(=O)CN(C)C(=O)C2CCCNC2)no1. The molecule has 20 heavy (non-hydrogen) atoms. The Morgan fingerprint density at radius 2 is 2.40 bits per heavy atom. The van der Waals surface area contributed by atoms with Gasteiger partial charge in [-0.1, -0.05) is 5.16 Å². The lowest BCUT2D eigenvalue weighted by Gasteiger charge is -2.26. The number of hydrogen-bond acceptors (Lipinski definition) is 5. The van der Waals surface area contributed by atoms with Gasteiger partial charge in [0.1, 0.15) is 5.76 Å². The Hall–Kier alpha value is -1.89. The smallest absolute Gasteiger partial charge is 0.245 e. The van der Waals surface area contributed by atoms with E-state index in [1.54, 1.807) is 20.0 Å². The van der Waals surface area contributed by atoms with Gasteiger partial charge in [0, 0.05) is 19.7 Å². The fraction of sp³-hybridized carbons (Fsp3) is 0.615. The van der Waals surface area contributed by atoms with Crippen molar-refractivity contribution in [3.63, 3.8) is 0 Å². The van der Waals surface area contributed by atoms with Gasteiger partial charge in [-0.25, -0.2) is 0 Å². The lowest BCUT2D eigenvalue weighted by Crippen LogP contribution is -2.43. The summed E-state index contributed by atoms with van der Waals surface area (Å²) in [6.07, 6.45) is 1.87. The molecule has 1 unspecified atom stereocenters. The third-order valence-electron chi connectivity index (χ3n) is 3.30. The monoisotopic (exact) mass is 280 g/mol. The first-order valence-electron chi connectivity index (χ1n) is 6.75. The summed E-state index contributed by atoms with van der Waals surface area (Å²) in [6, 6.07) is 1.63. The zero-order valence-corrected chi connectivity index (χ0v) is 11.8. The second kappa shape index (κ2) is 6.51. The number of carbonyl (C=O) groups is 2. The fourth-order valence-electron chi connectivity index (χ4n) is 2.28. The number of anilines is 1. The van der Waals surface area contributed by atoms with Crippen molar-refractivity contribution >= 4 is 17.6 Å². The van der Waals surface area contributed by atoms with Crippen LogP contribution in [0.15, 0.2) is 10.6 Å². The maximum atomic E-state index is 12.2. The van der Waals surface area contributed by atoms with Crippen LogP contribution in [0.3, 0.4) is 0 Å². The minimum atomic E-state index is -0.280. The standard InChI is InChI=1S/C13H20N4O3/c1-9-6-11(16-20-9)15-12(18)8-17(2)13(19)10-4-3-5-14-7-10/h6,10,14H,3-5,7-8H2,1-2H3,(H,15,16,18). The maximum Gasteiger partial charge on any atom is 0.245 e. The summed E-state index contributed by atoms with van der Waals surface area (Å²) >= 11 is 0. The zero-order valence-electron chi connectivity index (χ0n) is 11.8. The average Bonchev–Trinajstić information content (AvgIpc) is 2.84. The van der Waals surface area contributed by atoms with Crippen LogP contribution >= 0.6 is 0 Å². The molecule has 0 saturated carbocycles. The van der Waals surface area contributed by atoms with Gasteiger partial charge in [-0.15, -0.1) is 0 Å². The van der Waals surface area contributed by atoms with E-state index in [0.717, 1.165) is 19.4 Å². The molecule has 1 aromatic heterocycles. The number of nitrogens with one attached hydrogen (secondary N) is 2. The third-order valence-corrected chi connectivity index (χ3v) is 3.30. The van der Waals surface area contributed by atoms with Gasteiger partial charge in [0.05, 0.1) is 12.5 Å². The topological polar surface area (TPSA) is 87.5 Å². The minimum Gasteiger partial charge on any atom is -0.360 e. The number of amides is 2. The number of piperidine rings is 1. The molecule has 0 radical (unpaired) electrons. The molecule has 1 atom stereocenters. The second-order valence-electron chi connectivity index (χ2n) is 5.11. The summed E-state index contributed by atoms with van der Waals surface area (Å²) in [7, 11) is 1.64. The Morgan fingerprint density at radius 3 is 3.00 bits per heavy atom. The van der Waals surface area contributed by atoms with Gasteiger partial charge in [-0.3, -0.25) is 9.59 Å². The van der Waals surface area contributed by atoms with Crippen molar-refractivity contribution in [2.24, 2.45) is 5.92 Å². The molecule has 0 aliphatic carbocycles. The molecule has 2 rings (SSSR count). The molecule has 110 valence electrons. The van der Waals surface area contributed by atoms with Crippen LogP contribution in [0.5, 0.6) is 0 Å². The fourth-order valence-corrected chi connectivity index (χ4v) is 2.28. The van der Waals surface area contributed by atoms with E-state index in [1.807, 2.05) is 0 Å². The van der Waals surface area contributed by atoms with Crippen LogP contribution in [0.1, 0.15) is 18.6 Å². The van der Waals surface area contributed by atoms with Crippen LogP contribution in [0.2, 0.25) is 0 Å². The molecular weight excluding hydrogens is 260 g/mol. The number of likely N-dealkylation sites (N-methyl/N-ethyl adjacent to an activating group) is 1. The third kappa shape index (κ3) is 3.80. The van der Waals surface area contributed by atoms with E-state index in [9.17, 15) is 9.59 Å². The molecule has 1 saturated heterocycles. The summed E-state index contributed by atoms with van der Waals surface area (Å²) in [6.45, 7) is 3.41. The van der Waals surface area contributed by atoms with Crippen molar-refractivity contribution in [3.8, 4) is 0 Å². The zero-order chi connectivity index (χ0) is 14.5. The first-order valence-corrected chi connectivity index (χ1v) is 6.75. The number of aryl methyl sites for hydroxylation is 1. The number of aromatic nitrogens is 1. The van der Waals surface area contributed by atoms with Gasteiger partial charge >= 0.3 is 0 Å². The molecule has 1 aliphatic rings. The molecule has 2 heterocycles. The van der Waals surface area contributed by atoms with E-state index in [2.05, 4.69) is 15.8 Å². The summed E-state index contributed by atoms with van der Waals surface area (Å²) in [5.41, 5.74) is 0. The summed E-state index contributed by atoms with van der Waals surface area (Å²) in [5, 5.41) is 9.47. The van der Waals surface area contributed by atoms with Crippen molar-refractivity contribution in [1.82, 2.24) is 15.4 Å². The molecule has 1 fully saturated rings. The van der Waals surface area contributed by atoms with Gasteiger partial charge in [-0.05, 0) is 26.3 Å². The van der Waals surface area contributed by atoms with Crippen molar-refractivity contribution in [3.05, 3.63) is 11.8 Å². The molecule has 0 bridgehead atoms. The van der Waals surface area contributed by atoms with E-state index in [0.29, 0.717) is 18.1 Å². The van der Waals surface area contributed by atoms with Crippen molar-refractivity contribution in [2.45, 2.75) is 19.8 Å². The Morgan fingerprint density at radius 1 is 1.60 bits per heavy atom. The summed E-state index contributed by atoms with van der Waals surface area (Å²) in [4.78, 5) is 25.4. The Labute approximate surface area is 117 Å².